The summed E-state index contributed by atoms with van der Waals surface area (Å²) in [5.41, 5.74) is 0.997. The van der Waals surface area contributed by atoms with Gasteiger partial charge in [-0.25, -0.2) is 9.78 Å². The number of rotatable bonds is 3. The van der Waals surface area contributed by atoms with Crippen LogP contribution < -0.4 is 5.32 Å². The highest BCUT2D eigenvalue weighted by Crippen LogP contribution is 2.28. The minimum absolute atomic E-state index is 0.147. The molecule has 1 saturated heterocycles. The van der Waals surface area contributed by atoms with Gasteiger partial charge < -0.3 is 14.4 Å². The number of amides is 2. The molecule has 0 atom stereocenters. The van der Waals surface area contributed by atoms with E-state index in [-0.39, 0.29) is 5.91 Å². The standard InChI is InChI=1S/C14H20N4O4S/c1-21-14(20)16-13-15-10-2-3-17(8-11(10)23-13)9-12(19)18-4-6-22-7-5-18/h2-9H2,1H3,(H,15,16,20). The normalized spacial score (nSPS) is 18.4. The maximum absolute atomic E-state index is 12.3. The van der Waals surface area contributed by atoms with Gasteiger partial charge in [0.25, 0.3) is 0 Å². The van der Waals surface area contributed by atoms with Crippen molar-refractivity contribution in [3.8, 4) is 0 Å². The summed E-state index contributed by atoms with van der Waals surface area (Å²) in [4.78, 5) is 33.0. The fourth-order valence-corrected chi connectivity index (χ4v) is 3.72. The zero-order chi connectivity index (χ0) is 16.2. The van der Waals surface area contributed by atoms with Crippen molar-refractivity contribution >= 4 is 28.5 Å². The first-order valence-corrected chi connectivity index (χ1v) is 8.39. The van der Waals surface area contributed by atoms with Crippen LogP contribution in [0.4, 0.5) is 9.93 Å². The number of morpholine rings is 1. The van der Waals surface area contributed by atoms with E-state index in [1.807, 2.05) is 4.90 Å². The van der Waals surface area contributed by atoms with Crippen LogP contribution in [0.25, 0.3) is 0 Å². The predicted octanol–water partition coefficient (Wildman–Crippen LogP) is 0.538. The molecule has 126 valence electrons. The lowest BCUT2D eigenvalue weighted by molar-refractivity contribution is -0.136. The average molecular weight is 340 g/mol. The average Bonchev–Trinajstić information content (AvgIpc) is 2.96. The van der Waals surface area contributed by atoms with Crippen LogP contribution in [0.1, 0.15) is 10.6 Å². The molecule has 9 heteroatoms. The second kappa shape index (κ2) is 7.24. The minimum atomic E-state index is -0.518. The molecule has 1 aromatic rings. The van der Waals surface area contributed by atoms with E-state index in [2.05, 4.69) is 19.9 Å². The number of nitrogens with zero attached hydrogens (tertiary/aromatic N) is 3. The highest BCUT2D eigenvalue weighted by atomic mass is 32.1. The molecule has 0 radical (unpaired) electrons. The number of anilines is 1. The van der Waals surface area contributed by atoms with Gasteiger partial charge >= 0.3 is 6.09 Å². The molecular weight excluding hydrogens is 320 g/mol. The van der Waals surface area contributed by atoms with Crippen molar-refractivity contribution in [3.05, 3.63) is 10.6 Å². The van der Waals surface area contributed by atoms with Gasteiger partial charge in [0.05, 0.1) is 32.6 Å². The third kappa shape index (κ3) is 3.98. The first kappa shape index (κ1) is 16.2. The molecule has 0 aliphatic carbocycles. The maximum Gasteiger partial charge on any atom is 0.413 e. The molecule has 2 aliphatic rings. The lowest BCUT2D eigenvalue weighted by atomic mass is 10.2. The van der Waals surface area contributed by atoms with Crippen LogP contribution >= 0.6 is 11.3 Å². The van der Waals surface area contributed by atoms with E-state index in [1.165, 1.54) is 18.4 Å². The van der Waals surface area contributed by atoms with Crippen molar-refractivity contribution in [1.82, 2.24) is 14.8 Å². The number of nitrogens with one attached hydrogen (secondary N) is 1. The van der Waals surface area contributed by atoms with E-state index in [9.17, 15) is 9.59 Å². The van der Waals surface area contributed by atoms with E-state index in [0.29, 0.717) is 44.5 Å². The Balaban J connectivity index is 1.57. The number of fused-ring (bicyclic) bond motifs is 1. The number of carbonyl (C=O) groups excluding carboxylic acids is 2. The van der Waals surface area contributed by atoms with Crippen LogP contribution in [0.3, 0.4) is 0 Å². The Morgan fingerprint density at radius 1 is 1.35 bits per heavy atom. The Morgan fingerprint density at radius 3 is 2.87 bits per heavy atom. The molecule has 1 N–H and O–H groups in total. The van der Waals surface area contributed by atoms with Gasteiger partial charge in [-0.3, -0.25) is 15.0 Å². The lowest BCUT2D eigenvalue weighted by Gasteiger charge is -2.31. The van der Waals surface area contributed by atoms with E-state index >= 15 is 0 Å². The molecule has 2 aliphatic heterocycles. The highest BCUT2D eigenvalue weighted by Gasteiger charge is 2.25. The SMILES string of the molecule is COC(=O)Nc1nc2c(s1)CN(CC(=O)N1CCOCC1)CC2. The highest BCUT2D eigenvalue weighted by molar-refractivity contribution is 7.15. The molecule has 8 nitrogen and oxygen atoms in total. The number of carbonyl (C=O) groups is 2. The Kier molecular flexibility index (Phi) is 5.09. The van der Waals surface area contributed by atoms with E-state index in [0.717, 1.165) is 23.5 Å². The molecular formula is C14H20N4O4S. The fourth-order valence-electron chi connectivity index (χ4n) is 2.68. The summed E-state index contributed by atoms with van der Waals surface area (Å²) in [7, 11) is 1.32. The van der Waals surface area contributed by atoms with Crippen molar-refractivity contribution in [2.75, 3.05) is 51.8 Å². The molecule has 0 unspecified atom stereocenters. The van der Waals surface area contributed by atoms with Crippen molar-refractivity contribution < 1.29 is 19.1 Å². The van der Waals surface area contributed by atoms with Gasteiger partial charge in [0, 0.05) is 37.5 Å². The predicted molar refractivity (Wildman–Crippen MR) is 84.5 cm³/mol. The largest absolute Gasteiger partial charge is 0.453 e. The van der Waals surface area contributed by atoms with E-state index < -0.39 is 6.09 Å². The monoisotopic (exact) mass is 340 g/mol. The van der Waals surface area contributed by atoms with Crippen LogP contribution in [0.5, 0.6) is 0 Å². The minimum Gasteiger partial charge on any atom is -0.453 e. The van der Waals surface area contributed by atoms with Crippen LogP contribution in [0, 0.1) is 0 Å². The topological polar surface area (TPSA) is 84.0 Å². The quantitative estimate of drug-likeness (QED) is 0.864. The number of thiazole rings is 1. The first-order chi connectivity index (χ1) is 11.2. The number of hydrogen-bond acceptors (Lipinski definition) is 7. The van der Waals surface area contributed by atoms with Crippen molar-refractivity contribution in [2.24, 2.45) is 0 Å². The molecule has 1 aromatic heterocycles. The number of aromatic nitrogens is 1. The van der Waals surface area contributed by atoms with Gasteiger partial charge in [0.15, 0.2) is 5.13 Å². The molecule has 0 spiro atoms. The molecule has 0 bridgehead atoms. The van der Waals surface area contributed by atoms with E-state index in [4.69, 9.17) is 4.74 Å². The lowest BCUT2D eigenvalue weighted by Crippen LogP contribution is -2.46. The number of methoxy groups -OCH3 is 1. The third-order valence-corrected chi connectivity index (χ3v) is 4.93. The van der Waals surface area contributed by atoms with Crippen LogP contribution in [-0.2, 0) is 27.2 Å². The summed E-state index contributed by atoms with van der Waals surface area (Å²) >= 11 is 1.44. The fraction of sp³-hybridized carbons (Fsp3) is 0.643. The molecule has 3 heterocycles. The first-order valence-electron chi connectivity index (χ1n) is 7.57. The molecule has 1 fully saturated rings. The summed E-state index contributed by atoms with van der Waals surface area (Å²) < 4.78 is 9.84. The summed E-state index contributed by atoms with van der Waals surface area (Å²) in [5, 5.41) is 3.14. The molecule has 0 saturated carbocycles. The summed E-state index contributed by atoms with van der Waals surface area (Å²) in [6.45, 7) is 4.48. The zero-order valence-corrected chi connectivity index (χ0v) is 13.9. The molecule has 3 rings (SSSR count). The van der Waals surface area contributed by atoms with Gasteiger partial charge in [-0.15, -0.1) is 0 Å². The van der Waals surface area contributed by atoms with Crippen LogP contribution in [0.2, 0.25) is 0 Å². The Hall–Kier alpha value is -1.71. The summed E-state index contributed by atoms with van der Waals surface area (Å²) in [6.07, 6.45) is 0.265. The third-order valence-electron chi connectivity index (χ3n) is 3.93. The molecule has 2 amide bonds. The van der Waals surface area contributed by atoms with Gasteiger partial charge in [-0.2, -0.15) is 0 Å². The Labute approximate surface area is 138 Å². The second-order valence-electron chi connectivity index (χ2n) is 5.46. The van der Waals surface area contributed by atoms with Gasteiger partial charge in [0.2, 0.25) is 5.91 Å². The van der Waals surface area contributed by atoms with Crippen molar-refractivity contribution in [1.29, 1.82) is 0 Å². The van der Waals surface area contributed by atoms with Crippen molar-refractivity contribution in [3.63, 3.8) is 0 Å². The van der Waals surface area contributed by atoms with Crippen LogP contribution in [0.15, 0.2) is 0 Å². The summed E-state index contributed by atoms with van der Waals surface area (Å²) in [6, 6.07) is 0. The number of hydrogen-bond donors (Lipinski definition) is 1. The Morgan fingerprint density at radius 2 is 2.13 bits per heavy atom. The Bertz CT molecular complexity index is 585. The van der Waals surface area contributed by atoms with Gasteiger partial charge in [-0.1, -0.05) is 11.3 Å². The summed E-state index contributed by atoms with van der Waals surface area (Å²) in [5.74, 6) is 0.147. The number of ether oxygens (including phenoxy) is 2. The smallest absolute Gasteiger partial charge is 0.413 e. The maximum atomic E-state index is 12.3. The zero-order valence-electron chi connectivity index (χ0n) is 13.0. The van der Waals surface area contributed by atoms with Crippen LogP contribution in [-0.4, -0.2) is 73.3 Å². The second-order valence-corrected chi connectivity index (χ2v) is 6.54. The van der Waals surface area contributed by atoms with Crippen molar-refractivity contribution in [2.45, 2.75) is 13.0 Å². The molecule has 0 aromatic carbocycles. The van der Waals surface area contributed by atoms with Gasteiger partial charge in [0.1, 0.15) is 0 Å². The van der Waals surface area contributed by atoms with E-state index in [1.54, 1.807) is 0 Å². The van der Waals surface area contributed by atoms with Gasteiger partial charge in [-0.05, 0) is 0 Å². The molecule has 23 heavy (non-hydrogen) atoms.